The molecule has 0 aliphatic carbocycles. The van der Waals surface area contributed by atoms with Gasteiger partial charge in [0, 0.05) is 19.6 Å². The van der Waals surface area contributed by atoms with Crippen molar-refractivity contribution in [2.45, 2.75) is 20.4 Å². The van der Waals surface area contributed by atoms with Crippen molar-refractivity contribution in [1.29, 1.82) is 0 Å². The number of benzene rings is 1. The topological polar surface area (TPSA) is 49.4 Å². The second kappa shape index (κ2) is 6.68. The minimum absolute atomic E-state index is 0.382. The number of hydrogen-bond acceptors (Lipinski definition) is 2. The summed E-state index contributed by atoms with van der Waals surface area (Å²) in [5, 5.41) is 2.62. The summed E-state index contributed by atoms with van der Waals surface area (Å²) in [6.45, 7) is 5.19. The highest BCUT2D eigenvalue weighted by Gasteiger charge is 2.18. The quantitative estimate of drug-likeness (QED) is 0.795. The SMILES string of the molecule is CCN(CC)C(=O)C(=O)NCc1ccccc1. The van der Waals surface area contributed by atoms with Crippen molar-refractivity contribution in [3.63, 3.8) is 0 Å². The van der Waals surface area contributed by atoms with E-state index in [0.29, 0.717) is 19.6 Å². The molecule has 0 atom stereocenters. The van der Waals surface area contributed by atoms with Crippen LogP contribution in [0.15, 0.2) is 30.3 Å². The number of amides is 2. The predicted octanol–water partition coefficient (Wildman–Crippen LogP) is 1.17. The van der Waals surface area contributed by atoms with Crippen molar-refractivity contribution in [3.8, 4) is 0 Å². The van der Waals surface area contributed by atoms with Crippen molar-refractivity contribution in [1.82, 2.24) is 10.2 Å². The molecule has 1 aromatic rings. The molecule has 1 aromatic carbocycles. The third kappa shape index (κ3) is 3.90. The van der Waals surface area contributed by atoms with Crippen LogP contribution in [0, 0.1) is 0 Å². The van der Waals surface area contributed by atoms with Gasteiger partial charge in [0.1, 0.15) is 0 Å². The Morgan fingerprint density at radius 3 is 2.24 bits per heavy atom. The minimum Gasteiger partial charge on any atom is -0.344 e. The molecule has 0 unspecified atom stereocenters. The fourth-order valence-electron chi connectivity index (χ4n) is 1.51. The third-order valence-electron chi connectivity index (χ3n) is 2.54. The molecule has 4 heteroatoms. The second-order valence-corrected chi connectivity index (χ2v) is 3.65. The molecule has 17 heavy (non-hydrogen) atoms. The van der Waals surface area contributed by atoms with Gasteiger partial charge in [0.05, 0.1) is 0 Å². The van der Waals surface area contributed by atoms with Crippen LogP contribution in [-0.2, 0) is 16.1 Å². The molecule has 0 heterocycles. The van der Waals surface area contributed by atoms with E-state index in [-0.39, 0.29) is 0 Å². The van der Waals surface area contributed by atoms with Gasteiger partial charge in [0.15, 0.2) is 0 Å². The number of hydrogen-bond donors (Lipinski definition) is 1. The number of carbonyl (C=O) groups excluding carboxylic acids is 2. The van der Waals surface area contributed by atoms with Gasteiger partial charge < -0.3 is 10.2 Å². The molecular weight excluding hydrogens is 216 g/mol. The Balaban J connectivity index is 2.47. The van der Waals surface area contributed by atoms with Crippen LogP contribution >= 0.6 is 0 Å². The second-order valence-electron chi connectivity index (χ2n) is 3.65. The Kier molecular flexibility index (Phi) is 5.20. The minimum atomic E-state index is -0.544. The summed E-state index contributed by atoms with van der Waals surface area (Å²) in [5.74, 6) is -1.01. The summed E-state index contributed by atoms with van der Waals surface area (Å²) in [7, 11) is 0. The van der Waals surface area contributed by atoms with Crippen molar-refractivity contribution in [2.75, 3.05) is 13.1 Å². The van der Waals surface area contributed by atoms with Gasteiger partial charge in [-0.15, -0.1) is 0 Å². The van der Waals surface area contributed by atoms with Crippen LogP contribution < -0.4 is 5.32 Å². The third-order valence-corrected chi connectivity index (χ3v) is 2.54. The first-order valence-electron chi connectivity index (χ1n) is 5.80. The monoisotopic (exact) mass is 234 g/mol. The van der Waals surface area contributed by atoms with Crippen LogP contribution in [0.25, 0.3) is 0 Å². The maximum absolute atomic E-state index is 11.6. The van der Waals surface area contributed by atoms with Gasteiger partial charge in [-0.05, 0) is 19.4 Å². The lowest BCUT2D eigenvalue weighted by atomic mass is 10.2. The highest BCUT2D eigenvalue weighted by molar-refractivity contribution is 6.34. The Hall–Kier alpha value is -1.84. The van der Waals surface area contributed by atoms with Crippen LogP contribution in [0.2, 0.25) is 0 Å². The average molecular weight is 234 g/mol. The molecule has 0 aromatic heterocycles. The molecule has 0 saturated carbocycles. The van der Waals surface area contributed by atoms with E-state index in [4.69, 9.17) is 0 Å². The van der Waals surface area contributed by atoms with Gasteiger partial charge in [0.2, 0.25) is 0 Å². The number of carbonyl (C=O) groups is 2. The van der Waals surface area contributed by atoms with Gasteiger partial charge in [-0.3, -0.25) is 9.59 Å². The Morgan fingerprint density at radius 2 is 1.71 bits per heavy atom. The Labute approximate surface area is 102 Å². The molecule has 0 fully saturated rings. The maximum Gasteiger partial charge on any atom is 0.311 e. The zero-order valence-electron chi connectivity index (χ0n) is 10.3. The maximum atomic E-state index is 11.6. The molecule has 0 aliphatic rings. The highest BCUT2D eigenvalue weighted by atomic mass is 16.2. The van der Waals surface area contributed by atoms with Gasteiger partial charge in [-0.25, -0.2) is 0 Å². The largest absolute Gasteiger partial charge is 0.344 e. The summed E-state index contributed by atoms with van der Waals surface area (Å²) < 4.78 is 0. The van der Waals surface area contributed by atoms with E-state index < -0.39 is 11.8 Å². The number of nitrogens with one attached hydrogen (secondary N) is 1. The van der Waals surface area contributed by atoms with Crippen LogP contribution in [-0.4, -0.2) is 29.8 Å². The summed E-state index contributed by atoms with van der Waals surface area (Å²) in [5.41, 5.74) is 0.980. The Morgan fingerprint density at radius 1 is 1.12 bits per heavy atom. The lowest BCUT2D eigenvalue weighted by molar-refractivity contribution is -0.145. The lowest BCUT2D eigenvalue weighted by Gasteiger charge is -2.17. The lowest BCUT2D eigenvalue weighted by Crippen LogP contribution is -2.42. The number of rotatable bonds is 4. The zero-order chi connectivity index (χ0) is 12.7. The average Bonchev–Trinajstić information content (AvgIpc) is 2.38. The van der Waals surface area contributed by atoms with Crippen LogP contribution in [0.3, 0.4) is 0 Å². The van der Waals surface area contributed by atoms with Crippen molar-refractivity contribution in [3.05, 3.63) is 35.9 Å². The zero-order valence-corrected chi connectivity index (χ0v) is 10.3. The predicted molar refractivity (Wildman–Crippen MR) is 66.2 cm³/mol. The van der Waals surface area contributed by atoms with Crippen LogP contribution in [0.1, 0.15) is 19.4 Å². The first kappa shape index (κ1) is 13.2. The molecule has 1 N–H and O–H groups in total. The van der Waals surface area contributed by atoms with Gasteiger partial charge in [-0.1, -0.05) is 30.3 Å². The standard InChI is InChI=1S/C13H18N2O2/c1-3-15(4-2)13(17)12(16)14-10-11-8-6-5-7-9-11/h5-9H,3-4,10H2,1-2H3,(H,14,16). The van der Waals surface area contributed by atoms with Crippen LogP contribution in [0.5, 0.6) is 0 Å². The summed E-state index contributed by atoms with van der Waals surface area (Å²) in [4.78, 5) is 24.7. The number of likely N-dealkylation sites (N-methyl/N-ethyl adjacent to an activating group) is 1. The summed E-state index contributed by atoms with van der Waals surface area (Å²) >= 11 is 0. The Bertz CT molecular complexity index is 372. The molecule has 0 aliphatic heterocycles. The molecule has 1 rings (SSSR count). The van der Waals surface area contributed by atoms with E-state index in [1.165, 1.54) is 4.90 Å². The molecule has 2 amide bonds. The van der Waals surface area contributed by atoms with Crippen molar-refractivity contribution < 1.29 is 9.59 Å². The smallest absolute Gasteiger partial charge is 0.311 e. The van der Waals surface area contributed by atoms with Gasteiger partial charge >= 0.3 is 11.8 Å². The van der Waals surface area contributed by atoms with Gasteiger partial charge in [0.25, 0.3) is 0 Å². The molecule has 0 bridgehead atoms. The highest BCUT2D eigenvalue weighted by Crippen LogP contribution is 1.97. The fraction of sp³-hybridized carbons (Fsp3) is 0.385. The van der Waals surface area contributed by atoms with Crippen molar-refractivity contribution in [2.24, 2.45) is 0 Å². The molecule has 0 saturated heterocycles. The van der Waals surface area contributed by atoms with E-state index in [2.05, 4.69) is 5.32 Å². The molecular formula is C13H18N2O2. The molecule has 0 spiro atoms. The van der Waals surface area contributed by atoms with Crippen molar-refractivity contribution >= 4 is 11.8 Å². The first-order valence-corrected chi connectivity index (χ1v) is 5.80. The number of nitrogens with zero attached hydrogens (tertiary/aromatic N) is 1. The summed E-state index contributed by atoms with van der Waals surface area (Å²) in [6, 6.07) is 9.51. The first-order chi connectivity index (χ1) is 8.19. The molecule has 0 radical (unpaired) electrons. The molecule has 92 valence electrons. The van der Waals surface area contributed by atoms with E-state index in [9.17, 15) is 9.59 Å². The van der Waals surface area contributed by atoms with Crippen LogP contribution in [0.4, 0.5) is 0 Å². The van der Waals surface area contributed by atoms with E-state index in [0.717, 1.165) is 5.56 Å². The normalized spacial score (nSPS) is 9.76. The van der Waals surface area contributed by atoms with Gasteiger partial charge in [-0.2, -0.15) is 0 Å². The fourth-order valence-corrected chi connectivity index (χ4v) is 1.51. The molecule has 4 nitrogen and oxygen atoms in total. The van der Waals surface area contributed by atoms with E-state index >= 15 is 0 Å². The van der Waals surface area contributed by atoms with E-state index in [1.807, 2.05) is 44.2 Å². The van der Waals surface area contributed by atoms with E-state index in [1.54, 1.807) is 0 Å². The summed E-state index contributed by atoms with van der Waals surface area (Å²) in [6.07, 6.45) is 0.